The maximum atomic E-state index is 6.54. The van der Waals surface area contributed by atoms with Gasteiger partial charge in [-0.2, -0.15) is 0 Å². The Kier molecular flexibility index (Phi) is 3.72. The zero-order chi connectivity index (χ0) is 17.6. The lowest BCUT2D eigenvalue weighted by atomic mass is 9.70. The minimum Gasteiger partial charge on any atom is -0.376 e. The highest BCUT2D eigenvalue weighted by Crippen LogP contribution is 2.66. The van der Waals surface area contributed by atoms with Gasteiger partial charge < -0.3 is 4.74 Å². The molecule has 3 aromatic rings. The minimum absolute atomic E-state index is 0.202. The number of hydrogen-bond donors (Lipinski definition) is 0. The lowest BCUT2D eigenvalue weighted by molar-refractivity contribution is -0.0362. The molecule has 2 aliphatic rings. The van der Waals surface area contributed by atoms with Crippen molar-refractivity contribution in [2.24, 2.45) is 0 Å². The van der Waals surface area contributed by atoms with E-state index < -0.39 is 0 Å². The van der Waals surface area contributed by atoms with E-state index >= 15 is 0 Å². The van der Waals surface area contributed by atoms with Crippen LogP contribution in [0, 0.1) is 0 Å². The molecule has 2 bridgehead atoms. The van der Waals surface area contributed by atoms with Crippen LogP contribution in [-0.4, -0.2) is 12.7 Å². The van der Waals surface area contributed by atoms with Gasteiger partial charge in [0.25, 0.3) is 0 Å². The summed E-state index contributed by atoms with van der Waals surface area (Å²) in [5.74, 6) is 1.15. The fourth-order valence-electron chi connectivity index (χ4n) is 5.78. The number of fused-ring (bicyclic) bond motifs is 5. The summed E-state index contributed by atoms with van der Waals surface area (Å²) in [6.07, 6.45) is 2.43. The van der Waals surface area contributed by atoms with Crippen LogP contribution in [0.2, 0.25) is 0 Å². The van der Waals surface area contributed by atoms with E-state index in [0.717, 1.165) is 0 Å². The van der Waals surface area contributed by atoms with Crippen molar-refractivity contribution < 1.29 is 4.74 Å². The Morgan fingerprint density at radius 2 is 1.12 bits per heavy atom. The molecule has 0 aromatic heterocycles. The van der Waals surface area contributed by atoms with Crippen LogP contribution in [-0.2, 0) is 4.74 Å². The van der Waals surface area contributed by atoms with Gasteiger partial charge in [0.1, 0.15) is 0 Å². The highest BCUT2D eigenvalue weighted by molar-refractivity contribution is 5.52. The third-order valence-corrected chi connectivity index (χ3v) is 6.65. The topological polar surface area (TPSA) is 9.23 Å². The Hall–Kier alpha value is -2.38. The Morgan fingerprint density at radius 3 is 1.54 bits per heavy atom. The molecular formula is C25H24O. The van der Waals surface area contributed by atoms with Crippen LogP contribution in [0.5, 0.6) is 0 Å². The SMILES string of the molecule is COC1(C(c2ccccc2)c2ccccc2)C2CCC1c1ccccc12. The number of hydrogen-bond acceptors (Lipinski definition) is 1. The van der Waals surface area contributed by atoms with Crippen LogP contribution in [0.3, 0.4) is 0 Å². The van der Waals surface area contributed by atoms with E-state index in [2.05, 4.69) is 84.9 Å². The number of ether oxygens (including phenoxy) is 1. The van der Waals surface area contributed by atoms with Crippen molar-refractivity contribution in [2.45, 2.75) is 36.2 Å². The van der Waals surface area contributed by atoms with E-state index in [1.54, 1.807) is 0 Å². The van der Waals surface area contributed by atoms with Crippen molar-refractivity contribution in [1.29, 1.82) is 0 Å². The van der Waals surface area contributed by atoms with E-state index in [1.165, 1.54) is 35.1 Å². The van der Waals surface area contributed by atoms with Gasteiger partial charge in [0, 0.05) is 24.9 Å². The standard InChI is InChI=1S/C25H24O/c1-26-25(22-16-17-23(25)21-15-9-8-14-20(21)22)24(18-10-4-2-5-11-18)19-12-6-3-7-13-19/h2-15,22-24H,16-17H2,1H3. The predicted molar refractivity (Wildman–Crippen MR) is 106 cm³/mol. The maximum absolute atomic E-state index is 6.54. The fourth-order valence-corrected chi connectivity index (χ4v) is 5.78. The second-order valence-electron chi connectivity index (χ2n) is 7.62. The maximum Gasteiger partial charge on any atom is 0.0923 e. The molecule has 5 rings (SSSR count). The first kappa shape index (κ1) is 15.8. The van der Waals surface area contributed by atoms with Crippen LogP contribution < -0.4 is 0 Å². The van der Waals surface area contributed by atoms with Crippen molar-refractivity contribution >= 4 is 0 Å². The average molecular weight is 340 g/mol. The van der Waals surface area contributed by atoms with Crippen molar-refractivity contribution in [2.75, 3.05) is 7.11 Å². The third-order valence-electron chi connectivity index (χ3n) is 6.65. The second kappa shape index (κ2) is 6.10. The molecule has 3 aromatic carbocycles. The minimum atomic E-state index is -0.202. The largest absolute Gasteiger partial charge is 0.376 e. The van der Waals surface area contributed by atoms with Gasteiger partial charge in [0.2, 0.25) is 0 Å². The summed E-state index contributed by atoms with van der Waals surface area (Å²) < 4.78 is 6.54. The number of rotatable bonds is 4. The molecule has 0 spiro atoms. The van der Waals surface area contributed by atoms with Crippen molar-refractivity contribution in [1.82, 2.24) is 0 Å². The second-order valence-corrected chi connectivity index (χ2v) is 7.62. The molecule has 1 nitrogen and oxygen atoms in total. The molecule has 1 heteroatoms. The van der Waals surface area contributed by atoms with Crippen molar-refractivity contribution in [3.8, 4) is 0 Å². The summed E-state index contributed by atoms with van der Waals surface area (Å²) in [4.78, 5) is 0. The normalized spacial score (nSPS) is 26.2. The summed E-state index contributed by atoms with van der Waals surface area (Å²) in [5, 5.41) is 0. The Labute approximate surface area is 155 Å². The van der Waals surface area contributed by atoms with Gasteiger partial charge >= 0.3 is 0 Å². The molecule has 26 heavy (non-hydrogen) atoms. The first-order valence-corrected chi connectivity index (χ1v) is 9.60. The summed E-state index contributed by atoms with van der Waals surface area (Å²) in [7, 11) is 1.93. The molecular weight excluding hydrogens is 316 g/mol. The smallest absolute Gasteiger partial charge is 0.0923 e. The van der Waals surface area contributed by atoms with Gasteiger partial charge in [-0.25, -0.2) is 0 Å². The molecule has 0 amide bonds. The average Bonchev–Trinajstić information content (AvgIpc) is 3.22. The van der Waals surface area contributed by atoms with Gasteiger partial charge in [-0.1, -0.05) is 84.9 Å². The quantitative estimate of drug-likeness (QED) is 0.576. The van der Waals surface area contributed by atoms with E-state index in [0.29, 0.717) is 11.8 Å². The monoisotopic (exact) mass is 340 g/mol. The first-order chi connectivity index (χ1) is 12.9. The van der Waals surface area contributed by atoms with Gasteiger partial charge in [-0.15, -0.1) is 0 Å². The van der Waals surface area contributed by atoms with Gasteiger partial charge in [-0.05, 0) is 35.1 Å². The predicted octanol–water partition coefficient (Wildman–Crippen LogP) is 5.88. The molecule has 0 radical (unpaired) electrons. The molecule has 0 heterocycles. The summed E-state index contributed by atoms with van der Waals surface area (Å²) in [6, 6.07) is 30.9. The van der Waals surface area contributed by atoms with E-state index in [4.69, 9.17) is 4.74 Å². The van der Waals surface area contributed by atoms with Crippen molar-refractivity contribution in [3.05, 3.63) is 107 Å². The Morgan fingerprint density at radius 1 is 0.692 bits per heavy atom. The highest BCUT2D eigenvalue weighted by Gasteiger charge is 2.61. The summed E-state index contributed by atoms with van der Waals surface area (Å²) in [5.41, 5.74) is 5.51. The van der Waals surface area contributed by atoms with Crippen molar-refractivity contribution in [3.63, 3.8) is 0 Å². The van der Waals surface area contributed by atoms with Gasteiger partial charge in [0.15, 0.2) is 0 Å². The van der Waals surface area contributed by atoms with E-state index in [-0.39, 0.29) is 11.5 Å². The molecule has 0 N–H and O–H groups in total. The summed E-state index contributed by atoms with van der Waals surface area (Å²) >= 11 is 0. The van der Waals surface area contributed by atoms with Gasteiger partial charge in [-0.3, -0.25) is 0 Å². The zero-order valence-corrected chi connectivity index (χ0v) is 15.1. The lowest BCUT2D eigenvalue weighted by Crippen LogP contribution is -2.42. The zero-order valence-electron chi connectivity index (χ0n) is 15.1. The van der Waals surface area contributed by atoms with Crippen LogP contribution >= 0.6 is 0 Å². The third kappa shape index (κ3) is 2.07. The molecule has 1 saturated carbocycles. The molecule has 130 valence electrons. The lowest BCUT2D eigenvalue weighted by Gasteiger charge is -2.42. The Bertz CT molecular complexity index is 829. The Balaban J connectivity index is 1.74. The number of benzene rings is 3. The highest BCUT2D eigenvalue weighted by atomic mass is 16.5. The molecule has 2 unspecified atom stereocenters. The first-order valence-electron chi connectivity index (χ1n) is 9.60. The van der Waals surface area contributed by atoms with Crippen LogP contribution in [0.4, 0.5) is 0 Å². The summed E-state index contributed by atoms with van der Waals surface area (Å²) in [6.45, 7) is 0. The number of methoxy groups -OCH3 is 1. The van der Waals surface area contributed by atoms with Gasteiger partial charge in [0.05, 0.1) is 5.60 Å². The van der Waals surface area contributed by atoms with E-state index in [1.807, 2.05) is 7.11 Å². The molecule has 2 aliphatic carbocycles. The van der Waals surface area contributed by atoms with Crippen LogP contribution in [0.15, 0.2) is 84.9 Å². The van der Waals surface area contributed by atoms with E-state index in [9.17, 15) is 0 Å². The van der Waals surface area contributed by atoms with Crippen LogP contribution in [0.1, 0.15) is 52.8 Å². The molecule has 0 aliphatic heterocycles. The fraction of sp³-hybridized carbons (Fsp3) is 0.280. The van der Waals surface area contributed by atoms with Crippen LogP contribution in [0.25, 0.3) is 0 Å². The molecule has 0 saturated heterocycles. The molecule has 2 atom stereocenters. The molecule has 1 fully saturated rings.